The fourth-order valence-electron chi connectivity index (χ4n) is 1.22. The number of H-pyrrole nitrogens is 2. The molecule has 0 spiro atoms. The Labute approximate surface area is 79.0 Å². The van der Waals surface area contributed by atoms with Gasteiger partial charge in [0.15, 0.2) is 11.2 Å². The Balaban J connectivity index is 2.74. The van der Waals surface area contributed by atoms with Crippen molar-refractivity contribution in [2.75, 3.05) is 0 Å². The molecule has 0 saturated heterocycles. The van der Waals surface area contributed by atoms with E-state index in [0.29, 0.717) is 0 Å². The van der Waals surface area contributed by atoms with Crippen LogP contribution in [0.5, 0.6) is 0 Å². The van der Waals surface area contributed by atoms with Crippen molar-refractivity contribution in [1.29, 1.82) is 0 Å². The summed E-state index contributed by atoms with van der Waals surface area (Å²) in [5, 5.41) is 17.6. The van der Waals surface area contributed by atoms with Crippen molar-refractivity contribution in [1.82, 2.24) is 40.2 Å². The highest BCUT2D eigenvalue weighted by atomic mass is 16.2. The monoisotopic (exact) mass is 206 g/mol. The first-order valence-corrected chi connectivity index (χ1v) is 3.83. The van der Waals surface area contributed by atoms with Gasteiger partial charge < -0.3 is 0 Å². The van der Waals surface area contributed by atoms with Crippen molar-refractivity contribution >= 4 is 16.9 Å². The van der Waals surface area contributed by atoms with Gasteiger partial charge in [-0.1, -0.05) is 5.10 Å². The highest BCUT2D eigenvalue weighted by Gasteiger charge is 2.09. The van der Waals surface area contributed by atoms with Gasteiger partial charge in [-0.3, -0.25) is 14.8 Å². The van der Waals surface area contributed by atoms with Gasteiger partial charge in [0.2, 0.25) is 0 Å². The quantitative estimate of drug-likeness (QED) is 0.413. The fourth-order valence-corrected chi connectivity index (χ4v) is 1.22. The number of nitrogens with one attached hydrogen (secondary N) is 2. The second-order valence-electron chi connectivity index (χ2n) is 2.70. The fraction of sp³-hybridized carbons (Fsp3) is 0. The minimum absolute atomic E-state index is 0.0311. The van der Waals surface area contributed by atoms with Crippen LogP contribution in [-0.2, 0) is 0 Å². The third-order valence-corrected chi connectivity index (χ3v) is 1.80. The summed E-state index contributed by atoms with van der Waals surface area (Å²) in [5.41, 5.74) is -1.21. The van der Waals surface area contributed by atoms with Crippen LogP contribution in [0.2, 0.25) is 0 Å². The molecule has 2 N–H and O–H groups in total. The molecule has 0 atom stereocenters. The molecule has 0 aliphatic rings. The summed E-state index contributed by atoms with van der Waals surface area (Å²) in [7, 11) is 0. The lowest BCUT2D eigenvalue weighted by Crippen LogP contribution is -2.24. The molecule has 3 rings (SSSR count). The molecular weight excluding hydrogens is 204 g/mol. The summed E-state index contributed by atoms with van der Waals surface area (Å²) >= 11 is 0. The van der Waals surface area contributed by atoms with Crippen LogP contribution in [0.1, 0.15) is 0 Å². The van der Waals surface area contributed by atoms with Crippen molar-refractivity contribution in [3.63, 3.8) is 0 Å². The number of aromatic nitrogens is 8. The molecule has 0 amide bonds. The van der Waals surface area contributed by atoms with Gasteiger partial charge in [-0.15, -0.1) is 10.2 Å². The summed E-state index contributed by atoms with van der Waals surface area (Å²) in [6, 6.07) is 0. The maximum absolute atomic E-state index is 11.5. The first-order chi connectivity index (χ1) is 7.25. The van der Waals surface area contributed by atoms with Crippen LogP contribution in [-0.4, -0.2) is 40.2 Å². The lowest BCUT2D eigenvalue weighted by atomic mass is 10.5. The Morgan fingerprint density at radius 2 is 1.93 bits per heavy atom. The van der Waals surface area contributed by atoms with E-state index in [1.54, 1.807) is 0 Å². The minimum atomic E-state index is -0.658. The zero-order valence-corrected chi connectivity index (χ0v) is 7.00. The zero-order chi connectivity index (χ0) is 10.4. The van der Waals surface area contributed by atoms with Crippen molar-refractivity contribution < 1.29 is 0 Å². The maximum atomic E-state index is 11.5. The Hall–Kier alpha value is -2.65. The lowest BCUT2D eigenvalue weighted by Gasteiger charge is -1.94. The molecule has 3 aromatic heterocycles. The van der Waals surface area contributed by atoms with Gasteiger partial charge in [0.05, 0.1) is 0 Å². The third kappa shape index (κ3) is 0.948. The van der Waals surface area contributed by atoms with E-state index in [4.69, 9.17) is 0 Å². The average Bonchev–Trinajstić information content (AvgIpc) is 2.63. The molecule has 3 heterocycles. The van der Waals surface area contributed by atoms with Crippen LogP contribution in [0.25, 0.3) is 16.9 Å². The number of tetrazole rings is 1. The van der Waals surface area contributed by atoms with Crippen molar-refractivity contribution in [2.24, 2.45) is 0 Å². The first-order valence-electron chi connectivity index (χ1n) is 3.83. The third-order valence-electron chi connectivity index (χ3n) is 1.80. The van der Waals surface area contributed by atoms with Gasteiger partial charge in [-0.25, -0.2) is 4.79 Å². The molecule has 0 saturated carbocycles. The summed E-state index contributed by atoms with van der Waals surface area (Å²) in [6.45, 7) is 0. The molecule has 0 aliphatic heterocycles. The molecule has 10 nitrogen and oxygen atoms in total. The number of rotatable bonds is 0. The molecule has 0 bridgehead atoms. The predicted octanol–water partition coefficient (Wildman–Crippen LogP) is -2.56. The van der Waals surface area contributed by atoms with E-state index in [-0.39, 0.29) is 16.9 Å². The second kappa shape index (κ2) is 2.43. The molecule has 0 radical (unpaired) electrons. The molecule has 0 aliphatic carbocycles. The zero-order valence-electron chi connectivity index (χ0n) is 7.00. The van der Waals surface area contributed by atoms with E-state index >= 15 is 0 Å². The first kappa shape index (κ1) is 7.73. The van der Waals surface area contributed by atoms with Gasteiger partial charge in [0.1, 0.15) is 0 Å². The molecule has 0 unspecified atom stereocenters. The average molecular weight is 206 g/mol. The van der Waals surface area contributed by atoms with Crippen LogP contribution in [0, 0.1) is 0 Å². The van der Waals surface area contributed by atoms with Gasteiger partial charge in [0, 0.05) is 0 Å². The summed E-state index contributed by atoms with van der Waals surface area (Å²) in [6.07, 6.45) is 0. The largest absolute Gasteiger partial charge is 0.327 e. The van der Waals surface area contributed by atoms with Crippen molar-refractivity contribution in [2.45, 2.75) is 0 Å². The minimum Gasteiger partial charge on any atom is -0.288 e. The van der Waals surface area contributed by atoms with Crippen LogP contribution < -0.4 is 11.2 Å². The normalized spacial score (nSPS) is 11.2. The number of nitrogens with zero attached hydrogens (tertiary/aromatic N) is 6. The lowest BCUT2D eigenvalue weighted by molar-refractivity contribution is 0.827. The van der Waals surface area contributed by atoms with E-state index < -0.39 is 11.2 Å². The Kier molecular flexibility index (Phi) is 1.25. The van der Waals surface area contributed by atoms with Crippen molar-refractivity contribution in [3.05, 3.63) is 20.8 Å². The molecule has 3 aromatic rings. The Bertz CT molecular complexity index is 766. The van der Waals surface area contributed by atoms with E-state index in [0.717, 1.165) is 4.52 Å². The van der Waals surface area contributed by atoms with Crippen molar-refractivity contribution in [3.8, 4) is 0 Å². The molecule has 10 heteroatoms. The second-order valence-corrected chi connectivity index (χ2v) is 2.70. The highest BCUT2D eigenvalue weighted by Crippen LogP contribution is 1.98. The standard InChI is InChI=1S/C5H2N8O2/c14-3-1-2(6-5(15)7-3)8-9-4-10-11-12-13(1)4/h(H2,6,7,14,15). The molecule has 74 valence electrons. The van der Waals surface area contributed by atoms with E-state index in [1.165, 1.54) is 0 Å². The Morgan fingerprint density at radius 3 is 2.80 bits per heavy atom. The molecule has 15 heavy (non-hydrogen) atoms. The summed E-state index contributed by atoms with van der Waals surface area (Å²) < 4.78 is 1.09. The molecule has 0 aromatic carbocycles. The van der Waals surface area contributed by atoms with E-state index in [1.807, 2.05) is 4.98 Å². The number of aromatic amines is 2. The molecular formula is C5H2N8O2. The number of hydrogen-bond donors (Lipinski definition) is 2. The van der Waals surface area contributed by atoms with E-state index in [2.05, 4.69) is 30.7 Å². The van der Waals surface area contributed by atoms with Crippen LogP contribution in [0.3, 0.4) is 0 Å². The SMILES string of the molecule is O=c1[nH]c(=O)c2c(nnc3nnnn32)[nH]1. The van der Waals surface area contributed by atoms with Gasteiger partial charge in [0.25, 0.3) is 11.3 Å². The van der Waals surface area contributed by atoms with Gasteiger partial charge >= 0.3 is 5.69 Å². The van der Waals surface area contributed by atoms with Crippen LogP contribution in [0.15, 0.2) is 9.59 Å². The van der Waals surface area contributed by atoms with Crippen LogP contribution in [0.4, 0.5) is 0 Å². The van der Waals surface area contributed by atoms with Crippen LogP contribution >= 0.6 is 0 Å². The summed E-state index contributed by atoms with van der Waals surface area (Å²) in [4.78, 5) is 26.7. The molecule has 0 fully saturated rings. The van der Waals surface area contributed by atoms with Gasteiger partial charge in [-0.2, -0.15) is 4.52 Å². The van der Waals surface area contributed by atoms with Gasteiger partial charge in [-0.05, 0) is 10.4 Å². The van der Waals surface area contributed by atoms with E-state index in [9.17, 15) is 9.59 Å². The smallest absolute Gasteiger partial charge is 0.288 e. The number of fused-ring (bicyclic) bond motifs is 3. The predicted molar refractivity (Wildman–Crippen MR) is 45.1 cm³/mol. The summed E-state index contributed by atoms with van der Waals surface area (Å²) in [5.74, 6) is 0.0834. The highest BCUT2D eigenvalue weighted by molar-refractivity contribution is 5.69. The Morgan fingerprint density at radius 1 is 1.07 bits per heavy atom. The maximum Gasteiger partial charge on any atom is 0.327 e. The number of hydrogen-bond acceptors (Lipinski definition) is 7. The topological polar surface area (TPSA) is 135 Å².